The maximum absolute atomic E-state index is 12.5. The van der Waals surface area contributed by atoms with Gasteiger partial charge in [0.15, 0.2) is 5.82 Å². The summed E-state index contributed by atoms with van der Waals surface area (Å²) in [5.41, 5.74) is 2.24. The largest absolute Gasteiger partial charge is 0.321 e. The van der Waals surface area contributed by atoms with Crippen molar-refractivity contribution in [2.45, 2.75) is 6.54 Å². The van der Waals surface area contributed by atoms with Crippen molar-refractivity contribution in [1.82, 2.24) is 19.7 Å². The third-order valence-electron chi connectivity index (χ3n) is 3.39. The smallest absolute Gasteiger partial charge is 0.274 e. The van der Waals surface area contributed by atoms with Crippen LogP contribution in [0.2, 0.25) is 0 Å². The van der Waals surface area contributed by atoms with Crippen LogP contribution in [-0.4, -0.2) is 39.7 Å². The van der Waals surface area contributed by atoms with Crippen LogP contribution in [0, 0.1) is 0 Å². The second kappa shape index (κ2) is 7.06. The molecule has 3 rings (SSSR count). The van der Waals surface area contributed by atoms with Gasteiger partial charge < -0.3 is 10.2 Å². The van der Waals surface area contributed by atoms with Gasteiger partial charge in [0.25, 0.3) is 5.91 Å². The summed E-state index contributed by atoms with van der Waals surface area (Å²) in [6, 6.07) is 14.9. The second-order valence-electron chi connectivity index (χ2n) is 5.72. The highest BCUT2D eigenvalue weighted by Gasteiger charge is 2.10. The van der Waals surface area contributed by atoms with Crippen LogP contribution in [0.4, 0.5) is 5.69 Å². The van der Waals surface area contributed by atoms with E-state index in [4.69, 9.17) is 0 Å². The highest BCUT2D eigenvalue weighted by molar-refractivity contribution is 6.03. The summed E-state index contributed by atoms with van der Waals surface area (Å²) in [6.45, 7) is 0.816. The standard InChI is InChI=1S/C18H19N5O/c1-22(2)13-14-6-3-7-15(12-14)20-18(24)16-8-4-9-17(21-16)23-11-5-10-19-23/h3-12H,13H2,1-2H3,(H,20,24). The van der Waals surface area contributed by atoms with E-state index < -0.39 is 0 Å². The van der Waals surface area contributed by atoms with Crippen molar-refractivity contribution in [1.29, 1.82) is 0 Å². The summed E-state index contributed by atoms with van der Waals surface area (Å²) < 4.78 is 1.62. The van der Waals surface area contributed by atoms with E-state index in [0.717, 1.165) is 17.8 Å². The summed E-state index contributed by atoms with van der Waals surface area (Å²) in [5, 5.41) is 7.02. The number of amides is 1. The molecular weight excluding hydrogens is 302 g/mol. The molecule has 0 spiro atoms. The molecule has 0 saturated carbocycles. The van der Waals surface area contributed by atoms with E-state index in [9.17, 15) is 4.79 Å². The Morgan fingerprint density at radius 1 is 1.17 bits per heavy atom. The van der Waals surface area contributed by atoms with E-state index in [1.807, 2.05) is 50.5 Å². The number of nitrogens with one attached hydrogen (secondary N) is 1. The van der Waals surface area contributed by atoms with Gasteiger partial charge in [-0.25, -0.2) is 9.67 Å². The lowest BCUT2D eigenvalue weighted by molar-refractivity contribution is 0.102. The maximum atomic E-state index is 12.5. The van der Waals surface area contributed by atoms with Gasteiger partial charge in [0.1, 0.15) is 5.69 Å². The fourth-order valence-corrected chi connectivity index (χ4v) is 2.39. The van der Waals surface area contributed by atoms with Gasteiger partial charge in [-0.15, -0.1) is 0 Å². The molecule has 6 heteroatoms. The molecule has 1 amide bonds. The topological polar surface area (TPSA) is 63.1 Å². The van der Waals surface area contributed by atoms with Gasteiger partial charge in [0.05, 0.1) is 0 Å². The Hall–Kier alpha value is -2.99. The Kier molecular flexibility index (Phi) is 4.67. The molecule has 1 aromatic carbocycles. The van der Waals surface area contributed by atoms with Crippen molar-refractivity contribution < 1.29 is 4.79 Å². The zero-order chi connectivity index (χ0) is 16.9. The normalized spacial score (nSPS) is 10.8. The van der Waals surface area contributed by atoms with Crippen molar-refractivity contribution >= 4 is 11.6 Å². The predicted octanol–water partition coefficient (Wildman–Crippen LogP) is 2.58. The second-order valence-corrected chi connectivity index (χ2v) is 5.72. The van der Waals surface area contributed by atoms with Crippen LogP contribution in [0.25, 0.3) is 5.82 Å². The van der Waals surface area contributed by atoms with Gasteiger partial charge in [-0.05, 0) is 50.0 Å². The molecule has 0 atom stereocenters. The number of rotatable bonds is 5. The highest BCUT2D eigenvalue weighted by Crippen LogP contribution is 2.13. The number of hydrogen-bond acceptors (Lipinski definition) is 4. The molecule has 122 valence electrons. The van der Waals surface area contributed by atoms with Crippen LogP contribution in [0.15, 0.2) is 60.9 Å². The number of carbonyl (C=O) groups is 1. The third kappa shape index (κ3) is 3.85. The Balaban J connectivity index is 1.77. The Morgan fingerprint density at radius 3 is 2.75 bits per heavy atom. The molecule has 0 aliphatic rings. The Labute approximate surface area is 140 Å². The van der Waals surface area contributed by atoms with Crippen molar-refractivity contribution in [3.63, 3.8) is 0 Å². The Morgan fingerprint density at radius 2 is 2.00 bits per heavy atom. The molecule has 0 fully saturated rings. The molecule has 3 aromatic rings. The van der Waals surface area contributed by atoms with Crippen LogP contribution >= 0.6 is 0 Å². The van der Waals surface area contributed by atoms with Gasteiger partial charge in [0.2, 0.25) is 0 Å². The molecule has 2 heterocycles. The zero-order valence-corrected chi connectivity index (χ0v) is 13.7. The number of benzene rings is 1. The van der Waals surface area contributed by atoms with Gasteiger partial charge in [-0.3, -0.25) is 4.79 Å². The summed E-state index contributed by atoms with van der Waals surface area (Å²) >= 11 is 0. The maximum Gasteiger partial charge on any atom is 0.274 e. The fraction of sp³-hybridized carbons (Fsp3) is 0.167. The summed E-state index contributed by atoms with van der Waals surface area (Å²) in [5.74, 6) is 0.361. The van der Waals surface area contributed by atoms with Crippen LogP contribution < -0.4 is 5.32 Å². The van der Waals surface area contributed by atoms with Crippen molar-refractivity contribution in [3.05, 3.63) is 72.2 Å². The number of aromatic nitrogens is 3. The zero-order valence-electron chi connectivity index (χ0n) is 13.7. The molecule has 0 aliphatic carbocycles. The number of nitrogens with zero attached hydrogens (tertiary/aromatic N) is 4. The third-order valence-corrected chi connectivity index (χ3v) is 3.39. The van der Waals surface area contributed by atoms with E-state index in [-0.39, 0.29) is 5.91 Å². The first kappa shape index (κ1) is 15.9. The van der Waals surface area contributed by atoms with E-state index in [1.54, 1.807) is 29.2 Å². The first-order valence-corrected chi connectivity index (χ1v) is 7.64. The molecule has 2 aromatic heterocycles. The van der Waals surface area contributed by atoms with Gasteiger partial charge in [-0.2, -0.15) is 5.10 Å². The SMILES string of the molecule is CN(C)Cc1cccc(NC(=O)c2cccc(-n3cccn3)n2)c1. The predicted molar refractivity (Wildman–Crippen MR) is 93.1 cm³/mol. The minimum atomic E-state index is -0.244. The number of pyridine rings is 1. The Bertz CT molecular complexity index is 827. The van der Waals surface area contributed by atoms with Crippen LogP contribution in [0.3, 0.4) is 0 Å². The lowest BCUT2D eigenvalue weighted by Crippen LogP contribution is -2.15. The first-order chi connectivity index (χ1) is 11.6. The van der Waals surface area contributed by atoms with Gasteiger partial charge in [-0.1, -0.05) is 18.2 Å². The molecule has 0 saturated heterocycles. The summed E-state index contributed by atoms with van der Waals surface area (Å²) in [7, 11) is 4.02. The minimum absolute atomic E-state index is 0.244. The molecule has 6 nitrogen and oxygen atoms in total. The monoisotopic (exact) mass is 321 g/mol. The number of anilines is 1. The fourth-order valence-electron chi connectivity index (χ4n) is 2.39. The minimum Gasteiger partial charge on any atom is -0.321 e. The van der Waals surface area contributed by atoms with E-state index in [0.29, 0.717) is 11.5 Å². The molecule has 0 unspecified atom stereocenters. The van der Waals surface area contributed by atoms with E-state index in [2.05, 4.69) is 20.3 Å². The van der Waals surface area contributed by atoms with E-state index >= 15 is 0 Å². The summed E-state index contributed by atoms with van der Waals surface area (Å²) in [6.07, 6.45) is 3.46. The summed E-state index contributed by atoms with van der Waals surface area (Å²) in [4.78, 5) is 18.9. The van der Waals surface area contributed by atoms with Crippen LogP contribution in [-0.2, 0) is 6.54 Å². The first-order valence-electron chi connectivity index (χ1n) is 7.64. The molecule has 0 aliphatic heterocycles. The van der Waals surface area contributed by atoms with Gasteiger partial charge >= 0.3 is 0 Å². The van der Waals surface area contributed by atoms with Crippen LogP contribution in [0.5, 0.6) is 0 Å². The average Bonchev–Trinajstić information content (AvgIpc) is 3.09. The number of carbonyl (C=O) groups excluding carboxylic acids is 1. The van der Waals surface area contributed by atoms with Crippen molar-refractivity contribution in [2.75, 3.05) is 19.4 Å². The molecule has 0 bridgehead atoms. The quantitative estimate of drug-likeness (QED) is 0.784. The molecule has 24 heavy (non-hydrogen) atoms. The molecule has 0 radical (unpaired) electrons. The van der Waals surface area contributed by atoms with Gasteiger partial charge in [0, 0.05) is 24.6 Å². The molecular formula is C18H19N5O. The van der Waals surface area contributed by atoms with E-state index in [1.165, 1.54) is 0 Å². The lowest BCUT2D eigenvalue weighted by atomic mass is 10.2. The van der Waals surface area contributed by atoms with Crippen LogP contribution in [0.1, 0.15) is 16.1 Å². The number of hydrogen-bond donors (Lipinski definition) is 1. The highest BCUT2D eigenvalue weighted by atomic mass is 16.1. The lowest BCUT2D eigenvalue weighted by Gasteiger charge is -2.11. The average molecular weight is 321 g/mol. The molecule has 1 N–H and O–H groups in total. The van der Waals surface area contributed by atoms with Crippen molar-refractivity contribution in [3.8, 4) is 5.82 Å². The van der Waals surface area contributed by atoms with Crippen molar-refractivity contribution in [2.24, 2.45) is 0 Å².